The Hall–Kier alpha value is -1.45. The van der Waals surface area contributed by atoms with Gasteiger partial charge in [0.1, 0.15) is 0 Å². The quantitative estimate of drug-likeness (QED) is 0.903. The summed E-state index contributed by atoms with van der Waals surface area (Å²) in [6.07, 6.45) is 5.14. The van der Waals surface area contributed by atoms with E-state index in [1.807, 2.05) is 24.3 Å². The van der Waals surface area contributed by atoms with E-state index >= 15 is 0 Å². The number of halogens is 1. The van der Waals surface area contributed by atoms with Crippen molar-refractivity contribution in [1.29, 1.82) is 0 Å². The Balaban J connectivity index is 1.97. The summed E-state index contributed by atoms with van der Waals surface area (Å²) in [5, 5.41) is 4.15. The fourth-order valence-corrected chi connectivity index (χ4v) is 1.75. The average molecular weight is 248 g/mol. The van der Waals surface area contributed by atoms with Gasteiger partial charge in [0.15, 0.2) is 0 Å². The van der Waals surface area contributed by atoms with E-state index in [2.05, 4.69) is 22.2 Å². The minimum Gasteiger partial charge on any atom is -0.305 e. The zero-order chi connectivity index (χ0) is 12.1. The first-order chi connectivity index (χ1) is 8.27. The van der Waals surface area contributed by atoms with Crippen LogP contribution in [0.4, 0.5) is 0 Å². The summed E-state index contributed by atoms with van der Waals surface area (Å²) in [7, 11) is 0. The van der Waals surface area contributed by atoms with Gasteiger partial charge >= 0.3 is 0 Å². The number of nitrogens with one attached hydrogen (secondary N) is 1. The van der Waals surface area contributed by atoms with E-state index in [1.54, 1.807) is 18.6 Å². The summed E-state index contributed by atoms with van der Waals surface area (Å²) < 4.78 is 0. The van der Waals surface area contributed by atoms with Gasteiger partial charge in [-0.2, -0.15) is 0 Å². The van der Waals surface area contributed by atoms with Gasteiger partial charge < -0.3 is 5.32 Å². The van der Waals surface area contributed by atoms with Gasteiger partial charge in [0.05, 0.1) is 5.69 Å². The van der Waals surface area contributed by atoms with Gasteiger partial charge in [-0.3, -0.25) is 9.97 Å². The Kier molecular flexibility index (Phi) is 4.07. The van der Waals surface area contributed by atoms with Crippen LogP contribution in [0.2, 0.25) is 5.02 Å². The molecule has 88 valence electrons. The predicted octanol–water partition coefficient (Wildman–Crippen LogP) is 2.98. The molecule has 17 heavy (non-hydrogen) atoms. The molecule has 4 heteroatoms. The van der Waals surface area contributed by atoms with Gasteiger partial charge in [-0.25, -0.2) is 0 Å². The predicted molar refractivity (Wildman–Crippen MR) is 68.7 cm³/mol. The summed E-state index contributed by atoms with van der Waals surface area (Å²) in [5.74, 6) is 0. The first-order valence-corrected chi connectivity index (χ1v) is 5.88. The summed E-state index contributed by atoms with van der Waals surface area (Å²) in [6.45, 7) is 2.78. The normalized spacial score (nSPS) is 12.4. The third kappa shape index (κ3) is 3.25. The highest BCUT2D eigenvalue weighted by atomic mass is 35.5. The van der Waals surface area contributed by atoms with Crippen molar-refractivity contribution in [3.05, 3.63) is 59.1 Å². The lowest BCUT2D eigenvalue weighted by molar-refractivity contribution is 0.559. The zero-order valence-electron chi connectivity index (χ0n) is 9.60. The molecule has 0 aliphatic heterocycles. The van der Waals surface area contributed by atoms with Crippen LogP contribution >= 0.6 is 11.6 Å². The van der Waals surface area contributed by atoms with Crippen molar-refractivity contribution in [2.75, 3.05) is 0 Å². The van der Waals surface area contributed by atoms with Gasteiger partial charge in [0.2, 0.25) is 0 Å². The fraction of sp³-hybridized carbons (Fsp3) is 0.231. The molecule has 1 unspecified atom stereocenters. The highest BCUT2D eigenvalue weighted by molar-refractivity contribution is 6.31. The van der Waals surface area contributed by atoms with Crippen LogP contribution in [-0.4, -0.2) is 9.97 Å². The number of hydrogen-bond donors (Lipinski definition) is 1. The van der Waals surface area contributed by atoms with Crippen LogP contribution < -0.4 is 5.32 Å². The van der Waals surface area contributed by atoms with Crippen molar-refractivity contribution < 1.29 is 0 Å². The maximum absolute atomic E-state index is 6.09. The van der Waals surface area contributed by atoms with E-state index in [-0.39, 0.29) is 6.04 Å². The number of hydrogen-bond acceptors (Lipinski definition) is 3. The van der Waals surface area contributed by atoms with Gasteiger partial charge in [0.25, 0.3) is 0 Å². The Morgan fingerprint density at radius 3 is 2.82 bits per heavy atom. The molecule has 0 aliphatic carbocycles. The molecular weight excluding hydrogens is 234 g/mol. The number of nitrogens with zero attached hydrogens (tertiary/aromatic N) is 2. The van der Waals surface area contributed by atoms with E-state index in [4.69, 9.17) is 11.6 Å². The minimum absolute atomic E-state index is 0.153. The Labute approximate surface area is 106 Å². The van der Waals surface area contributed by atoms with Crippen LogP contribution in [0.15, 0.2) is 42.9 Å². The van der Waals surface area contributed by atoms with Gasteiger partial charge in [-0.1, -0.05) is 29.8 Å². The third-order valence-electron chi connectivity index (χ3n) is 2.58. The first-order valence-electron chi connectivity index (χ1n) is 5.50. The lowest BCUT2D eigenvalue weighted by Crippen LogP contribution is -2.19. The maximum Gasteiger partial charge on any atom is 0.0753 e. The second-order valence-electron chi connectivity index (χ2n) is 3.82. The standard InChI is InChI=1S/C13H14ClN3/c1-10(13-9-15-6-7-16-13)17-8-11-4-2-3-5-12(11)14/h2-7,9-10,17H,8H2,1H3. The van der Waals surface area contributed by atoms with Crippen LogP contribution in [0.3, 0.4) is 0 Å². The molecule has 1 aromatic heterocycles. The van der Waals surface area contributed by atoms with Crippen LogP contribution in [0.25, 0.3) is 0 Å². The molecule has 0 fully saturated rings. The van der Waals surface area contributed by atoms with Crippen molar-refractivity contribution in [1.82, 2.24) is 15.3 Å². The van der Waals surface area contributed by atoms with Crippen molar-refractivity contribution in [3.8, 4) is 0 Å². The van der Waals surface area contributed by atoms with Crippen molar-refractivity contribution in [2.45, 2.75) is 19.5 Å². The Morgan fingerprint density at radius 2 is 2.12 bits per heavy atom. The molecule has 0 amide bonds. The lowest BCUT2D eigenvalue weighted by Gasteiger charge is -2.13. The first kappa shape index (κ1) is 12.0. The van der Waals surface area contributed by atoms with E-state index < -0.39 is 0 Å². The summed E-state index contributed by atoms with van der Waals surface area (Å²) >= 11 is 6.09. The molecule has 1 atom stereocenters. The number of rotatable bonds is 4. The molecule has 1 aromatic carbocycles. The molecule has 3 nitrogen and oxygen atoms in total. The van der Waals surface area contributed by atoms with Crippen molar-refractivity contribution in [2.24, 2.45) is 0 Å². The molecule has 2 rings (SSSR count). The molecule has 1 N–H and O–H groups in total. The highest BCUT2D eigenvalue weighted by Crippen LogP contribution is 2.16. The van der Waals surface area contributed by atoms with Crippen LogP contribution in [0, 0.1) is 0 Å². The third-order valence-corrected chi connectivity index (χ3v) is 2.95. The van der Waals surface area contributed by atoms with E-state index in [0.717, 1.165) is 22.8 Å². The molecule has 1 heterocycles. The summed E-state index contributed by atoms with van der Waals surface area (Å²) in [5.41, 5.74) is 2.02. The Morgan fingerprint density at radius 1 is 1.29 bits per heavy atom. The van der Waals surface area contributed by atoms with E-state index in [1.165, 1.54) is 0 Å². The van der Waals surface area contributed by atoms with E-state index in [9.17, 15) is 0 Å². The van der Waals surface area contributed by atoms with Crippen molar-refractivity contribution >= 4 is 11.6 Å². The van der Waals surface area contributed by atoms with Crippen LogP contribution in [-0.2, 0) is 6.54 Å². The van der Waals surface area contributed by atoms with Gasteiger partial charge in [-0.05, 0) is 18.6 Å². The smallest absolute Gasteiger partial charge is 0.0753 e. The average Bonchev–Trinajstić information content (AvgIpc) is 2.38. The lowest BCUT2D eigenvalue weighted by atomic mass is 10.2. The molecule has 0 saturated heterocycles. The molecule has 0 aliphatic rings. The molecular formula is C13H14ClN3. The second-order valence-corrected chi connectivity index (χ2v) is 4.23. The molecule has 2 aromatic rings. The minimum atomic E-state index is 0.153. The number of benzene rings is 1. The molecule has 0 spiro atoms. The SMILES string of the molecule is CC(NCc1ccccc1Cl)c1cnccn1. The van der Waals surface area contributed by atoms with Crippen molar-refractivity contribution in [3.63, 3.8) is 0 Å². The second kappa shape index (κ2) is 5.75. The monoisotopic (exact) mass is 247 g/mol. The zero-order valence-corrected chi connectivity index (χ0v) is 10.4. The summed E-state index contributed by atoms with van der Waals surface area (Å²) in [6, 6.07) is 7.97. The topological polar surface area (TPSA) is 37.8 Å². The number of aromatic nitrogens is 2. The largest absolute Gasteiger partial charge is 0.305 e. The van der Waals surface area contributed by atoms with Crippen LogP contribution in [0.5, 0.6) is 0 Å². The van der Waals surface area contributed by atoms with Crippen LogP contribution in [0.1, 0.15) is 24.2 Å². The highest BCUT2D eigenvalue weighted by Gasteiger charge is 2.06. The maximum atomic E-state index is 6.09. The Bertz CT molecular complexity index is 473. The van der Waals surface area contributed by atoms with E-state index in [0.29, 0.717) is 0 Å². The molecule has 0 radical (unpaired) electrons. The van der Waals surface area contributed by atoms with Gasteiger partial charge in [-0.15, -0.1) is 0 Å². The molecule has 0 saturated carbocycles. The van der Waals surface area contributed by atoms with Gasteiger partial charge in [0, 0.05) is 36.2 Å². The molecule has 0 bridgehead atoms. The fourth-order valence-electron chi connectivity index (χ4n) is 1.54. The summed E-state index contributed by atoms with van der Waals surface area (Å²) in [4.78, 5) is 8.31.